The van der Waals surface area contributed by atoms with Crippen molar-refractivity contribution in [3.05, 3.63) is 47.7 Å². The zero-order chi connectivity index (χ0) is 17.2. The molecule has 1 aromatic carbocycles. The number of nitrogens with zero attached hydrogens (tertiary/aromatic N) is 1. The number of hydrogen-bond donors (Lipinski definition) is 2. The van der Waals surface area contributed by atoms with Crippen LogP contribution in [0.5, 0.6) is 5.75 Å². The fraction of sp³-hybridized carbons (Fsp3) is 0.368. The van der Waals surface area contributed by atoms with E-state index in [9.17, 15) is 9.59 Å². The van der Waals surface area contributed by atoms with Crippen LogP contribution in [0.1, 0.15) is 18.4 Å². The van der Waals surface area contributed by atoms with E-state index in [4.69, 9.17) is 4.74 Å². The zero-order valence-electron chi connectivity index (χ0n) is 13.9. The molecule has 2 fully saturated rings. The van der Waals surface area contributed by atoms with Gasteiger partial charge in [-0.1, -0.05) is 18.2 Å². The van der Waals surface area contributed by atoms with Crippen molar-refractivity contribution >= 4 is 17.9 Å². The number of amides is 2. The minimum absolute atomic E-state index is 0.0714. The van der Waals surface area contributed by atoms with Crippen molar-refractivity contribution in [3.8, 4) is 5.75 Å². The van der Waals surface area contributed by atoms with Crippen LogP contribution in [0.15, 0.2) is 42.2 Å². The van der Waals surface area contributed by atoms with Gasteiger partial charge in [-0.3, -0.25) is 9.59 Å². The van der Waals surface area contributed by atoms with Crippen LogP contribution in [-0.4, -0.2) is 48.4 Å². The van der Waals surface area contributed by atoms with Crippen molar-refractivity contribution in [2.75, 3.05) is 19.6 Å². The van der Waals surface area contributed by atoms with Crippen LogP contribution in [-0.2, 0) is 9.59 Å². The molecule has 1 aliphatic carbocycles. The van der Waals surface area contributed by atoms with E-state index < -0.39 is 6.04 Å². The summed E-state index contributed by atoms with van der Waals surface area (Å²) in [6.07, 6.45) is 7.07. The van der Waals surface area contributed by atoms with Crippen molar-refractivity contribution in [1.82, 2.24) is 15.5 Å². The Morgan fingerprint density at radius 1 is 1.24 bits per heavy atom. The summed E-state index contributed by atoms with van der Waals surface area (Å²) in [5, 5.41) is 6.21. The van der Waals surface area contributed by atoms with Crippen molar-refractivity contribution in [2.45, 2.75) is 24.9 Å². The number of rotatable bonds is 3. The maximum Gasteiger partial charge on any atom is 0.254 e. The van der Waals surface area contributed by atoms with Gasteiger partial charge in [-0.25, -0.2) is 0 Å². The van der Waals surface area contributed by atoms with Gasteiger partial charge in [0, 0.05) is 36.8 Å². The van der Waals surface area contributed by atoms with Gasteiger partial charge in [0.15, 0.2) is 0 Å². The molecule has 0 radical (unpaired) electrons. The molecule has 0 bridgehead atoms. The Kier molecular flexibility index (Phi) is 4.28. The summed E-state index contributed by atoms with van der Waals surface area (Å²) in [6.45, 7) is 1.67. The maximum atomic E-state index is 13.1. The number of benzene rings is 1. The van der Waals surface area contributed by atoms with Crippen LogP contribution >= 0.6 is 0 Å². The molecule has 1 atom stereocenters. The van der Waals surface area contributed by atoms with Crippen LogP contribution in [0, 0.1) is 0 Å². The van der Waals surface area contributed by atoms with Gasteiger partial charge in [0.05, 0.1) is 6.26 Å². The van der Waals surface area contributed by atoms with Gasteiger partial charge in [-0.2, -0.15) is 0 Å². The molecule has 1 saturated heterocycles. The third-order valence-corrected chi connectivity index (χ3v) is 4.65. The Labute approximate surface area is 146 Å². The zero-order valence-corrected chi connectivity index (χ0v) is 13.9. The van der Waals surface area contributed by atoms with Crippen LogP contribution < -0.4 is 15.4 Å². The van der Waals surface area contributed by atoms with Gasteiger partial charge < -0.3 is 20.3 Å². The molecule has 0 spiro atoms. The van der Waals surface area contributed by atoms with Crippen LogP contribution in [0.4, 0.5) is 0 Å². The Morgan fingerprint density at radius 2 is 2.08 bits per heavy atom. The van der Waals surface area contributed by atoms with Gasteiger partial charge in [0.1, 0.15) is 11.8 Å². The second kappa shape index (κ2) is 6.72. The topological polar surface area (TPSA) is 70.7 Å². The number of ether oxygens (including phenoxy) is 1. The fourth-order valence-corrected chi connectivity index (χ4v) is 3.11. The van der Waals surface area contributed by atoms with Crippen LogP contribution in [0.25, 0.3) is 6.08 Å². The molecule has 4 rings (SSSR count). The van der Waals surface area contributed by atoms with Crippen molar-refractivity contribution < 1.29 is 14.3 Å². The molecule has 2 amide bonds. The van der Waals surface area contributed by atoms with Crippen LogP contribution in [0.2, 0.25) is 0 Å². The van der Waals surface area contributed by atoms with E-state index in [0.29, 0.717) is 31.0 Å². The highest BCUT2D eigenvalue weighted by Gasteiger charge is 2.35. The van der Waals surface area contributed by atoms with E-state index >= 15 is 0 Å². The van der Waals surface area contributed by atoms with Crippen molar-refractivity contribution in [1.29, 1.82) is 0 Å². The summed E-state index contributed by atoms with van der Waals surface area (Å²) in [4.78, 5) is 27.2. The maximum absolute atomic E-state index is 13.1. The average Bonchev–Trinajstić information content (AvgIpc) is 3.47. The molecule has 1 saturated carbocycles. The molecular weight excluding hydrogens is 318 g/mol. The van der Waals surface area contributed by atoms with E-state index in [1.165, 1.54) is 6.26 Å². The van der Waals surface area contributed by atoms with Crippen LogP contribution in [0.3, 0.4) is 0 Å². The molecule has 130 valence electrons. The first-order valence-electron chi connectivity index (χ1n) is 8.68. The number of nitrogens with one attached hydrogen (secondary N) is 2. The molecular formula is C19H21N3O3. The molecule has 6 nitrogen and oxygen atoms in total. The smallest absolute Gasteiger partial charge is 0.254 e. The van der Waals surface area contributed by atoms with E-state index in [1.54, 1.807) is 11.0 Å². The number of hydrogen-bond acceptors (Lipinski definition) is 4. The number of carbonyl (C=O) groups is 2. The van der Waals surface area contributed by atoms with Gasteiger partial charge in [0.2, 0.25) is 5.91 Å². The average molecular weight is 339 g/mol. The quantitative estimate of drug-likeness (QED) is 0.864. The van der Waals surface area contributed by atoms with Crippen molar-refractivity contribution in [3.63, 3.8) is 0 Å². The molecule has 1 unspecified atom stereocenters. The minimum atomic E-state index is -0.476. The molecule has 2 aliphatic heterocycles. The monoisotopic (exact) mass is 339 g/mol. The number of fused-ring (bicyclic) bond motifs is 1. The minimum Gasteiger partial charge on any atom is -0.464 e. The van der Waals surface area contributed by atoms with Gasteiger partial charge in [0.25, 0.3) is 5.91 Å². The molecule has 1 aromatic rings. The summed E-state index contributed by atoms with van der Waals surface area (Å²) in [5.74, 6) is 0.497. The molecule has 6 heteroatoms. The lowest BCUT2D eigenvalue weighted by Gasteiger charge is -2.35. The molecule has 2 heterocycles. The molecule has 25 heavy (non-hydrogen) atoms. The Hall–Kier alpha value is -2.60. The number of carbonyl (C=O) groups excluding carboxylic acids is 2. The van der Waals surface area contributed by atoms with E-state index in [-0.39, 0.29) is 17.9 Å². The first-order chi connectivity index (χ1) is 12.2. The lowest BCUT2D eigenvalue weighted by molar-refractivity contribution is -0.138. The predicted octanol–water partition coefficient (Wildman–Crippen LogP) is 1.06. The largest absolute Gasteiger partial charge is 0.464 e. The van der Waals surface area contributed by atoms with Crippen molar-refractivity contribution in [2.24, 2.45) is 0 Å². The summed E-state index contributed by atoms with van der Waals surface area (Å²) in [6, 6.07) is 7.37. The highest BCUT2D eigenvalue weighted by Crippen LogP contribution is 2.26. The normalized spacial score (nSPS) is 22.3. The third-order valence-electron chi connectivity index (χ3n) is 4.65. The number of piperazine rings is 1. The highest BCUT2D eigenvalue weighted by molar-refractivity contribution is 6.03. The summed E-state index contributed by atoms with van der Waals surface area (Å²) in [7, 11) is 0. The lowest BCUT2D eigenvalue weighted by Crippen LogP contribution is -2.60. The third kappa shape index (κ3) is 3.44. The van der Waals surface area contributed by atoms with Gasteiger partial charge in [-0.05, 0) is 31.1 Å². The molecule has 3 aliphatic rings. The van der Waals surface area contributed by atoms with Gasteiger partial charge in [-0.15, -0.1) is 0 Å². The standard InChI is InChI=1S/C19H21N3O3/c23-18(21-15-5-6-15)16-12-20-8-9-22(16)19(24)14-7-10-25-17-4-2-1-3-13(17)11-14/h1-4,7,10-11,15-16,20H,5-6,8-9,12H2,(H,21,23). The van der Waals surface area contributed by atoms with Gasteiger partial charge >= 0.3 is 0 Å². The second-order valence-corrected chi connectivity index (χ2v) is 6.56. The molecule has 0 aromatic heterocycles. The Morgan fingerprint density at radius 3 is 2.92 bits per heavy atom. The van der Waals surface area contributed by atoms with E-state index in [0.717, 1.165) is 18.4 Å². The second-order valence-electron chi connectivity index (χ2n) is 6.56. The van der Waals surface area contributed by atoms with E-state index in [1.807, 2.05) is 30.3 Å². The predicted molar refractivity (Wildman–Crippen MR) is 93.7 cm³/mol. The fourth-order valence-electron chi connectivity index (χ4n) is 3.11. The number of para-hydroxylation sites is 1. The summed E-state index contributed by atoms with van der Waals surface area (Å²) < 4.78 is 5.56. The Balaban J connectivity index is 1.57. The SMILES string of the molecule is O=C(NC1CC1)C1CNCCN1C(=O)C1=Cc2ccccc2OC=C1. The highest BCUT2D eigenvalue weighted by atomic mass is 16.5. The summed E-state index contributed by atoms with van der Waals surface area (Å²) in [5.41, 5.74) is 1.38. The first-order valence-corrected chi connectivity index (χ1v) is 8.68. The summed E-state index contributed by atoms with van der Waals surface area (Å²) >= 11 is 0. The Bertz CT molecular complexity index is 752. The first kappa shape index (κ1) is 15.9. The van der Waals surface area contributed by atoms with E-state index in [2.05, 4.69) is 10.6 Å². The molecule has 2 N–H and O–H groups in total. The lowest BCUT2D eigenvalue weighted by atomic mass is 10.1.